The number of imidazole rings is 1. The average molecular weight is 395 g/mol. The van der Waals surface area contributed by atoms with E-state index in [2.05, 4.69) is 41.5 Å². The number of benzene rings is 1. The van der Waals surface area contributed by atoms with E-state index < -0.39 is 0 Å². The summed E-state index contributed by atoms with van der Waals surface area (Å²) in [5.41, 5.74) is 5.77. The molecule has 1 fully saturated rings. The van der Waals surface area contributed by atoms with E-state index >= 15 is 0 Å². The van der Waals surface area contributed by atoms with Crippen molar-refractivity contribution in [1.82, 2.24) is 30.1 Å². The minimum absolute atomic E-state index is 0.0695. The van der Waals surface area contributed by atoms with Gasteiger partial charge in [0.25, 0.3) is 0 Å². The normalized spacial score (nSPS) is 13.7. The lowest BCUT2D eigenvalue weighted by molar-refractivity contribution is -0.117. The Balaban J connectivity index is 1.40. The molecule has 0 spiro atoms. The Morgan fingerprint density at radius 1 is 1.07 bits per heavy atom. The number of hydrogen-bond acceptors (Lipinski definition) is 5. The molecular weight excluding hydrogens is 378 g/mol. The molecule has 1 aliphatic carbocycles. The van der Waals surface area contributed by atoms with Crippen LogP contribution in [0.15, 0.2) is 55.0 Å². The number of anilines is 1. The molecule has 0 unspecified atom stereocenters. The van der Waals surface area contributed by atoms with Gasteiger partial charge in [-0.1, -0.05) is 6.07 Å². The van der Waals surface area contributed by atoms with Gasteiger partial charge in [-0.2, -0.15) is 5.10 Å². The second-order valence-corrected chi connectivity index (χ2v) is 7.52. The van der Waals surface area contributed by atoms with Crippen molar-refractivity contribution in [2.24, 2.45) is 5.92 Å². The summed E-state index contributed by atoms with van der Waals surface area (Å²) in [5.74, 6) is 0.882. The number of fused-ring (bicyclic) bond motifs is 2. The third-order valence-corrected chi connectivity index (χ3v) is 5.33. The SMILES string of the molecule is O=C(Nc1cncc(-c2ccc3[nH]nc(-c4nc5ncccc5[nH]4)c3c2)c1)C1CC1. The van der Waals surface area contributed by atoms with E-state index in [-0.39, 0.29) is 11.8 Å². The third-order valence-electron chi connectivity index (χ3n) is 5.33. The molecular formula is C22H17N7O. The maximum atomic E-state index is 12.1. The van der Waals surface area contributed by atoms with E-state index in [1.54, 1.807) is 18.6 Å². The molecule has 8 nitrogen and oxygen atoms in total. The van der Waals surface area contributed by atoms with Crippen LogP contribution < -0.4 is 5.32 Å². The van der Waals surface area contributed by atoms with E-state index in [9.17, 15) is 4.79 Å². The van der Waals surface area contributed by atoms with Crippen LogP contribution in [0.2, 0.25) is 0 Å². The van der Waals surface area contributed by atoms with Gasteiger partial charge in [0.05, 0.1) is 22.9 Å². The summed E-state index contributed by atoms with van der Waals surface area (Å²) in [6.07, 6.45) is 7.12. The number of rotatable bonds is 4. The highest BCUT2D eigenvalue weighted by Crippen LogP contribution is 2.32. The molecule has 1 aromatic carbocycles. The molecule has 1 aliphatic rings. The Morgan fingerprint density at radius 3 is 2.87 bits per heavy atom. The van der Waals surface area contributed by atoms with E-state index in [1.807, 2.05) is 30.3 Å². The summed E-state index contributed by atoms with van der Waals surface area (Å²) in [5, 5.41) is 11.4. The van der Waals surface area contributed by atoms with Crippen LogP contribution >= 0.6 is 0 Å². The molecule has 6 rings (SSSR count). The molecule has 0 atom stereocenters. The Labute approximate surface area is 170 Å². The van der Waals surface area contributed by atoms with Gasteiger partial charge in [-0.15, -0.1) is 0 Å². The first kappa shape index (κ1) is 16.8. The van der Waals surface area contributed by atoms with Crippen molar-refractivity contribution in [3.8, 4) is 22.6 Å². The number of aromatic nitrogens is 6. The zero-order valence-electron chi connectivity index (χ0n) is 15.9. The minimum atomic E-state index is 0.0695. The van der Waals surface area contributed by atoms with Crippen molar-refractivity contribution >= 4 is 33.7 Å². The van der Waals surface area contributed by atoms with Gasteiger partial charge in [-0.3, -0.25) is 14.9 Å². The maximum Gasteiger partial charge on any atom is 0.227 e. The summed E-state index contributed by atoms with van der Waals surface area (Å²) in [6.45, 7) is 0. The van der Waals surface area contributed by atoms with Crippen molar-refractivity contribution in [3.63, 3.8) is 0 Å². The number of nitrogens with one attached hydrogen (secondary N) is 3. The van der Waals surface area contributed by atoms with Gasteiger partial charge in [-0.25, -0.2) is 9.97 Å². The average Bonchev–Trinajstić information content (AvgIpc) is 3.40. The van der Waals surface area contributed by atoms with Crippen LogP contribution in [-0.4, -0.2) is 36.0 Å². The number of pyridine rings is 2. The molecule has 4 heterocycles. The smallest absolute Gasteiger partial charge is 0.227 e. The number of aromatic amines is 2. The van der Waals surface area contributed by atoms with Crippen molar-refractivity contribution in [2.45, 2.75) is 12.8 Å². The third kappa shape index (κ3) is 2.89. The van der Waals surface area contributed by atoms with E-state index in [0.29, 0.717) is 17.2 Å². The number of nitrogens with zero attached hydrogens (tertiary/aromatic N) is 4. The number of carbonyl (C=O) groups is 1. The Kier molecular flexibility index (Phi) is 3.64. The van der Waals surface area contributed by atoms with Gasteiger partial charge in [0.15, 0.2) is 11.5 Å². The molecule has 1 amide bonds. The highest BCUT2D eigenvalue weighted by molar-refractivity contribution is 5.96. The van der Waals surface area contributed by atoms with Crippen LogP contribution in [0.4, 0.5) is 5.69 Å². The lowest BCUT2D eigenvalue weighted by Crippen LogP contribution is -2.13. The van der Waals surface area contributed by atoms with Crippen LogP contribution in [0.25, 0.3) is 44.7 Å². The number of carbonyl (C=O) groups excluding carboxylic acids is 1. The van der Waals surface area contributed by atoms with Crippen molar-refractivity contribution in [1.29, 1.82) is 0 Å². The molecule has 3 N–H and O–H groups in total. The number of hydrogen-bond donors (Lipinski definition) is 3. The summed E-state index contributed by atoms with van der Waals surface area (Å²) < 4.78 is 0. The van der Waals surface area contributed by atoms with Crippen molar-refractivity contribution in [2.75, 3.05) is 5.32 Å². The fourth-order valence-corrected chi connectivity index (χ4v) is 3.59. The lowest BCUT2D eigenvalue weighted by Gasteiger charge is -2.07. The molecule has 0 saturated heterocycles. The molecule has 0 bridgehead atoms. The number of H-pyrrole nitrogens is 2. The van der Waals surface area contributed by atoms with E-state index in [0.717, 1.165) is 46.1 Å². The summed E-state index contributed by atoms with van der Waals surface area (Å²) in [6, 6.07) is 11.8. The first-order valence-corrected chi connectivity index (χ1v) is 9.80. The zero-order valence-corrected chi connectivity index (χ0v) is 15.9. The summed E-state index contributed by atoms with van der Waals surface area (Å²) in [7, 11) is 0. The monoisotopic (exact) mass is 395 g/mol. The van der Waals surface area contributed by atoms with Crippen LogP contribution in [-0.2, 0) is 4.79 Å². The van der Waals surface area contributed by atoms with Gasteiger partial charge in [0.2, 0.25) is 5.91 Å². The predicted molar refractivity (Wildman–Crippen MR) is 114 cm³/mol. The van der Waals surface area contributed by atoms with Gasteiger partial charge in [0, 0.05) is 29.3 Å². The highest BCUT2D eigenvalue weighted by atomic mass is 16.2. The Hall–Kier alpha value is -4.07. The first-order valence-electron chi connectivity index (χ1n) is 9.80. The number of amides is 1. The van der Waals surface area contributed by atoms with Crippen LogP contribution in [0.5, 0.6) is 0 Å². The highest BCUT2D eigenvalue weighted by Gasteiger charge is 2.29. The molecule has 4 aromatic heterocycles. The van der Waals surface area contributed by atoms with Crippen molar-refractivity contribution in [3.05, 3.63) is 55.0 Å². The quantitative estimate of drug-likeness (QED) is 0.427. The van der Waals surface area contributed by atoms with E-state index in [1.165, 1.54) is 0 Å². The molecule has 0 aliphatic heterocycles. The van der Waals surface area contributed by atoms with Crippen LogP contribution in [0.3, 0.4) is 0 Å². The molecule has 8 heteroatoms. The van der Waals surface area contributed by atoms with Crippen LogP contribution in [0.1, 0.15) is 12.8 Å². The van der Waals surface area contributed by atoms with E-state index in [4.69, 9.17) is 0 Å². The van der Waals surface area contributed by atoms with Gasteiger partial charge >= 0.3 is 0 Å². The first-order chi connectivity index (χ1) is 14.7. The summed E-state index contributed by atoms with van der Waals surface area (Å²) in [4.78, 5) is 28.5. The topological polar surface area (TPSA) is 112 Å². The molecule has 0 radical (unpaired) electrons. The Bertz CT molecular complexity index is 1380. The van der Waals surface area contributed by atoms with Gasteiger partial charge in [0.1, 0.15) is 5.69 Å². The molecule has 30 heavy (non-hydrogen) atoms. The molecule has 146 valence electrons. The largest absolute Gasteiger partial charge is 0.335 e. The Morgan fingerprint density at radius 2 is 2.00 bits per heavy atom. The second kappa shape index (κ2) is 6.48. The predicted octanol–water partition coefficient (Wildman–Crippen LogP) is 3.91. The molecule has 1 saturated carbocycles. The van der Waals surface area contributed by atoms with Gasteiger partial charge < -0.3 is 10.3 Å². The summed E-state index contributed by atoms with van der Waals surface area (Å²) >= 11 is 0. The lowest BCUT2D eigenvalue weighted by atomic mass is 10.0. The minimum Gasteiger partial charge on any atom is -0.335 e. The maximum absolute atomic E-state index is 12.1. The van der Waals surface area contributed by atoms with Crippen molar-refractivity contribution < 1.29 is 4.79 Å². The standard InChI is InChI=1S/C22H17N7O/c30-22(12-3-4-12)25-15-8-14(10-23-11-15)13-5-6-17-16(9-13)19(29-28-17)21-26-18-2-1-7-24-20(18)27-21/h1-2,5-12H,3-4H2,(H,25,30)(H,28,29)(H,24,26,27). The zero-order chi connectivity index (χ0) is 20.1. The van der Waals surface area contributed by atoms with Gasteiger partial charge in [-0.05, 0) is 48.7 Å². The fraction of sp³-hybridized carbons (Fsp3) is 0.136. The fourth-order valence-electron chi connectivity index (χ4n) is 3.59. The second-order valence-electron chi connectivity index (χ2n) is 7.52. The van der Waals surface area contributed by atoms with Crippen LogP contribution in [0, 0.1) is 5.92 Å². The molecule has 5 aromatic rings.